The van der Waals surface area contributed by atoms with Gasteiger partial charge < -0.3 is 19.8 Å². The molecule has 5 aliphatic rings. The van der Waals surface area contributed by atoms with E-state index in [1.165, 1.54) is 11.1 Å². The molecule has 0 aromatic heterocycles. The van der Waals surface area contributed by atoms with Crippen molar-refractivity contribution in [2.24, 2.45) is 17.8 Å². The van der Waals surface area contributed by atoms with Crippen LogP contribution in [-0.2, 0) is 21.9 Å². The standard InChI is InChI=1S/C33H39ClN2O6S/c34-24-8-10-27-20(13-24)4-2-12-33(27)18-36-17-23-6-9-26(23)29(38)5-1-3-21-14-25(37)16-31(21)43(40,41)35-32(39)22-7-11-30(42-19-33)28(36)15-22/h1,5,7-8,10-11,13,15,21,23,25-26,29,31,37-38H,2-4,6,9,12,14,16-19H2,(H,35,39)/b5-1+/t21-,23+,25-,26-,29+,31-,33+/m1/s1. The Labute approximate surface area is 258 Å². The fourth-order valence-electron chi connectivity index (χ4n) is 8.29. The molecule has 3 aliphatic carbocycles. The number of sulfonamides is 1. The summed E-state index contributed by atoms with van der Waals surface area (Å²) in [6.45, 7) is 1.85. The van der Waals surface area contributed by atoms with E-state index in [0.717, 1.165) is 42.8 Å². The van der Waals surface area contributed by atoms with Crippen molar-refractivity contribution in [3.8, 4) is 5.75 Å². The first kappa shape index (κ1) is 29.1. The fourth-order valence-corrected chi connectivity index (χ4v) is 10.2. The molecule has 43 heavy (non-hydrogen) atoms. The Bertz CT molecular complexity index is 1560. The topological polar surface area (TPSA) is 116 Å². The maximum atomic E-state index is 13.5. The predicted molar refractivity (Wildman–Crippen MR) is 165 cm³/mol. The van der Waals surface area contributed by atoms with E-state index in [0.29, 0.717) is 38.3 Å². The van der Waals surface area contributed by atoms with Crippen molar-refractivity contribution in [1.29, 1.82) is 0 Å². The first-order valence-electron chi connectivity index (χ1n) is 15.5. The van der Waals surface area contributed by atoms with Crippen molar-refractivity contribution < 1.29 is 28.2 Å². The van der Waals surface area contributed by atoms with E-state index in [-0.39, 0.29) is 35.2 Å². The SMILES string of the molecule is O=C1NS(=O)(=O)[C@@H]2C[C@H](O)C[C@H]2C/C=C/[C@H](O)[C@@H]2CC[C@H]2CN2C[C@@]3(CCCc4cc(Cl)ccc43)COc3ccc1cc32. The third-order valence-electron chi connectivity index (χ3n) is 10.7. The second-order valence-electron chi connectivity index (χ2n) is 13.3. The summed E-state index contributed by atoms with van der Waals surface area (Å²) in [6, 6.07) is 11.3. The predicted octanol–water partition coefficient (Wildman–Crippen LogP) is 4.36. The lowest BCUT2D eigenvalue weighted by atomic mass is 9.68. The van der Waals surface area contributed by atoms with Crippen LogP contribution in [0.1, 0.15) is 66.4 Å². The number of nitrogens with zero attached hydrogens (tertiary/aromatic N) is 1. The van der Waals surface area contributed by atoms with E-state index in [4.69, 9.17) is 16.3 Å². The zero-order valence-corrected chi connectivity index (χ0v) is 25.7. The molecule has 2 aromatic rings. The van der Waals surface area contributed by atoms with Gasteiger partial charge in [0.05, 0.1) is 29.8 Å². The lowest BCUT2D eigenvalue weighted by molar-refractivity contribution is 0.0455. The maximum absolute atomic E-state index is 13.5. The molecule has 0 saturated heterocycles. The van der Waals surface area contributed by atoms with Gasteiger partial charge in [0.1, 0.15) is 5.75 Å². The Morgan fingerprint density at radius 3 is 2.74 bits per heavy atom. The molecule has 2 aromatic carbocycles. The monoisotopic (exact) mass is 626 g/mol. The Hall–Kier alpha value is -2.59. The number of carbonyl (C=O) groups is 1. The Morgan fingerprint density at radius 2 is 1.93 bits per heavy atom. The number of anilines is 1. The maximum Gasteiger partial charge on any atom is 0.264 e. The van der Waals surface area contributed by atoms with Crippen LogP contribution in [0.15, 0.2) is 48.6 Å². The molecular weight excluding hydrogens is 588 g/mol. The number of halogens is 1. The summed E-state index contributed by atoms with van der Waals surface area (Å²) in [5, 5.41) is 21.4. The van der Waals surface area contributed by atoms with Gasteiger partial charge in [0.25, 0.3) is 5.91 Å². The van der Waals surface area contributed by atoms with E-state index in [1.54, 1.807) is 24.3 Å². The number of benzene rings is 2. The lowest BCUT2D eigenvalue weighted by Crippen LogP contribution is -2.49. The number of aliphatic hydroxyl groups is 2. The minimum absolute atomic E-state index is 0.0783. The quantitative estimate of drug-likeness (QED) is 0.372. The number of amides is 1. The number of ether oxygens (including phenoxy) is 1. The van der Waals surface area contributed by atoms with Crippen LogP contribution in [0.4, 0.5) is 5.69 Å². The largest absolute Gasteiger partial charge is 0.490 e. The molecule has 3 N–H and O–H groups in total. The molecule has 8 nitrogen and oxygen atoms in total. The molecule has 10 heteroatoms. The van der Waals surface area contributed by atoms with E-state index in [1.807, 2.05) is 12.1 Å². The third kappa shape index (κ3) is 5.36. The average molecular weight is 627 g/mol. The number of hydrogen-bond donors (Lipinski definition) is 3. The Kier molecular flexibility index (Phi) is 7.51. The number of allylic oxidation sites excluding steroid dienone is 1. The van der Waals surface area contributed by atoms with Gasteiger partial charge >= 0.3 is 0 Å². The smallest absolute Gasteiger partial charge is 0.264 e. The molecule has 1 amide bonds. The van der Waals surface area contributed by atoms with Crippen molar-refractivity contribution in [3.05, 3.63) is 70.3 Å². The zero-order chi connectivity index (χ0) is 29.9. The summed E-state index contributed by atoms with van der Waals surface area (Å²) in [4.78, 5) is 15.8. The molecule has 2 heterocycles. The second-order valence-corrected chi connectivity index (χ2v) is 15.7. The van der Waals surface area contributed by atoms with Crippen LogP contribution in [0.25, 0.3) is 0 Å². The molecule has 2 fully saturated rings. The highest BCUT2D eigenvalue weighted by Gasteiger charge is 2.45. The number of carbonyl (C=O) groups excluding carboxylic acids is 1. The van der Waals surface area contributed by atoms with Crippen molar-refractivity contribution in [1.82, 2.24) is 4.72 Å². The van der Waals surface area contributed by atoms with Crippen molar-refractivity contribution in [2.45, 2.75) is 74.2 Å². The lowest BCUT2D eigenvalue weighted by Gasteiger charge is -2.45. The Morgan fingerprint density at radius 1 is 1.07 bits per heavy atom. The average Bonchev–Trinajstić information content (AvgIpc) is 3.26. The molecular formula is C33H39ClN2O6S. The van der Waals surface area contributed by atoms with Gasteiger partial charge in [0.2, 0.25) is 10.0 Å². The van der Waals surface area contributed by atoms with Gasteiger partial charge in [-0.1, -0.05) is 29.8 Å². The normalized spacial score (nSPS) is 35.8. The molecule has 230 valence electrons. The molecule has 7 atom stereocenters. The first-order valence-corrected chi connectivity index (χ1v) is 17.4. The van der Waals surface area contributed by atoms with Crippen LogP contribution in [0.2, 0.25) is 5.02 Å². The van der Waals surface area contributed by atoms with Gasteiger partial charge in [-0.15, -0.1) is 0 Å². The number of nitrogens with one attached hydrogen (secondary N) is 1. The highest BCUT2D eigenvalue weighted by atomic mass is 35.5. The summed E-state index contributed by atoms with van der Waals surface area (Å²) in [5.41, 5.74) is 3.22. The van der Waals surface area contributed by atoms with Crippen LogP contribution in [0.3, 0.4) is 0 Å². The molecule has 2 bridgehead atoms. The van der Waals surface area contributed by atoms with Gasteiger partial charge in [-0.3, -0.25) is 4.79 Å². The second kappa shape index (κ2) is 11.1. The summed E-state index contributed by atoms with van der Waals surface area (Å²) >= 11 is 6.38. The number of fused-ring (bicyclic) bond motifs is 5. The van der Waals surface area contributed by atoms with Crippen LogP contribution in [-0.4, -0.2) is 61.7 Å². The van der Waals surface area contributed by atoms with Gasteiger partial charge in [0, 0.05) is 29.1 Å². The number of rotatable bonds is 0. The number of hydrogen-bond acceptors (Lipinski definition) is 7. The van der Waals surface area contributed by atoms with Crippen molar-refractivity contribution in [2.75, 3.05) is 24.6 Å². The van der Waals surface area contributed by atoms with E-state index in [2.05, 4.69) is 21.8 Å². The summed E-state index contributed by atoms with van der Waals surface area (Å²) in [7, 11) is -4.05. The van der Waals surface area contributed by atoms with E-state index >= 15 is 0 Å². The van der Waals surface area contributed by atoms with E-state index in [9.17, 15) is 23.4 Å². The minimum atomic E-state index is -4.05. The van der Waals surface area contributed by atoms with Gasteiger partial charge in [0.15, 0.2) is 0 Å². The minimum Gasteiger partial charge on any atom is -0.490 e. The Balaban J connectivity index is 1.29. The molecule has 0 radical (unpaired) electrons. The van der Waals surface area contributed by atoms with Crippen molar-refractivity contribution >= 4 is 33.2 Å². The summed E-state index contributed by atoms with van der Waals surface area (Å²) in [6.07, 6.45) is 7.96. The van der Waals surface area contributed by atoms with Crippen LogP contribution >= 0.6 is 11.6 Å². The van der Waals surface area contributed by atoms with Gasteiger partial charge in [-0.25, -0.2) is 13.1 Å². The molecule has 1 spiro atoms. The molecule has 2 saturated carbocycles. The van der Waals surface area contributed by atoms with Crippen LogP contribution in [0, 0.1) is 17.8 Å². The molecule has 0 unspecified atom stereocenters. The number of aliphatic hydroxyl groups excluding tert-OH is 2. The highest BCUT2D eigenvalue weighted by Crippen LogP contribution is 2.47. The van der Waals surface area contributed by atoms with E-state index < -0.39 is 33.4 Å². The summed E-state index contributed by atoms with van der Waals surface area (Å²) in [5.74, 6) is -0.0183. The zero-order valence-electron chi connectivity index (χ0n) is 24.1. The third-order valence-corrected chi connectivity index (χ3v) is 12.8. The first-order chi connectivity index (χ1) is 20.6. The fraction of sp³-hybridized carbons (Fsp3) is 0.545. The van der Waals surface area contributed by atoms with Crippen LogP contribution in [0.5, 0.6) is 5.75 Å². The van der Waals surface area contributed by atoms with Gasteiger partial charge in [-0.2, -0.15) is 0 Å². The number of aryl methyl sites for hydroxylation is 1. The molecule has 7 rings (SSSR count). The van der Waals surface area contributed by atoms with Crippen molar-refractivity contribution in [3.63, 3.8) is 0 Å². The molecule has 2 aliphatic heterocycles. The highest BCUT2D eigenvalue weighted by molar-refractivity contribution is 7.90. The van der Waals surface area contributed by atoms with Crippen LogP contribution < -0.4 is 14.4 Å². The van der Waals surface area contributed by atoms with Gasteiger partial charge in [-0.05, 0) is 111 Å². The summed E-state index contributed by atoms with van der Waals surface area (Å²) < 4.78 is 35.7.